The van der Waals surface area contributed by atoms with E-state index in [1.807, 2.05) is 24.3 Å². The minimum absolute atomic E-state index is 0.00205. The molecule has 0 amide bonds. The van der Waals surface area contributed by atoms with Crippen LogP contribution in [0.3, 0.4) is 0 Å². The van der Waals surface area contributed by atoms with Crippen molar-refractivity contribution < 1.29 is 4.79 Å². The highest BCUT2D eigenvalue weighted by atomic mass is 16.1. The summed E-state index contributed by atoms with van der Waals surface area (Å²) in [5.41, 5.74) is 2.82. The average molecular weight is 214 g/mol. The molecule has 0 spiro atoms. The van der Waals surface area contributed by atoms with Crippen LogP contribution in [-0.4, -0.2) is 16.0 Å². The zero-order valence-electron chi connectivity index (χ0n) is 9.23. The van der Waals surface area contributed by atoms with Crippen molar-refractivity contribution in [2.24, 2.45) is 0 Å². The fraction of sp³-hybridized carbons (Fsp3) is 0.231. The quantitative estimate of drug-likeness (QED) is 0.794. The van der Waals surface area contributed by atoms with E-state index in [0.29, 0.717) is 5.69 Å². The molecule has 1 heterocycles. The number of aryl methyl sites for hydroxylation is 2. The number of benzene rings is 1. The first kappa shape index (κ1) is 10.6. The zero-order valence-corrected chi connectivity index (χ0v) is 9.23. The summed E-state index contributed by atoms with van der Waals surface area (Å²) >= 11 is 0. The van der Waals surface area contributed by atoms with Gasteiger partial charge in [-0.25, -0.2) is 0 Å². The molecular formula is C13H14N2O. The lowest BCUT2D eigenvalue weighted by Gasteiger charge is -1.98. The first-order valence-electron chi connectivity index (χ1n) is 5.35. The predicted octanol–water partition coefficient (Wildman–Crippen LogP) is 2.40. The number of carbonyl (C=O) groups is 1. The second-order valence-electron chi connectivity index (χ2n) is 3.82. The van der Waals surface area contributed by atoms with Crippen LogP contribution in [0.25, 0.3) is 0 Å². The van der Waals surface area contributed by atoms with Gasteiger partial charge in [-0.05, 0) is 24.5 Å². The van der Waals surface area contributed by atoms with Crippen molar-refractivity contribution in [2.45, 2.75) is 19.8 Å². The summed E-state index contributed by atoms with van der Waals surface area (Å²) in [5, 5.41) is 6.84. The molecule has 0 aliphatic carbocycles. The number of aromatic amines is 1. The molecule has 0 radical (unpaired) electrons. The SMILES string of the molecule is CC(=O)c1cc(CCc2ccccc2)[nH]n1. The highest BCUT2D eigenvalue weighted by Gasteiger charge is 2.04. The number of Topliss-reactive ketones (excluding diaryl/α,β-unsaturated/α-hetero) is 1. The fourth-order valence-corrected chi connectivity index (χ4v) is 1.59. The molecule has 82 valence electrons. The topological polar surface area (TPSA) is 45.8 Å². The van der Waals surface area contributed by atoms with E-state index in [4.69, 9.17) is 0 Å². The second kappa shape index (κ2) is 4.75. The second-order valence-corrected chi connectivity index (χ2v) is 3.82. The summed E-state index contributed by atoms with van der Waals surface area (Å²) in [6.45, 7) is 1.52. The molecule has 0 saturated carbocycles. The predicted molar refractivity (Wildman–Crippen MR) is 62.4 cm³/mol. The van der Waals surface area contributed by atoms with Crippen molar-refractivity contribution in [2.75, 3.05) is 0 Å². The van der Waals surface area contributed by atoms with E-state index in [0.717, 1.165) is 18.5 Å². The van der Waals surface area contributed by atoms with Gasteiger partial charge in [0, 0.05) is 12.6 Å². The van der Waals surface area contributed by atoms with E-state index in [2.05, 4.69) is 22.3 Å². The van der Waals surface area contributed by atoms with Crippen molar-refractivity contribution in [3.63, 3.8) is 0 Å². The van der Waals surface area contributed by atoms with Crippen LogP contribution in [0.15, 0.2) is 36.4 Å². The summed E-state index contributed by atoms with van der Waals surface area (Å²) in [6, 6.07) is 12.1. The van der Waals surface area contributed by atoms with Crippen molar-refractivity contribution in [3.05, 3.63) is 53.3 Å². The molecular weight excluding hydrogens is 200 g/mol. The number of hydrogen-bond donors (Lipinski definition) is 1. The van der Waals surface area contributed by atoms with Gasteiger partial charge in [0.1, 0.15) is 5.69 Å². The monoisotopic (exact) mass is 214 g/mol. The normalized spacial score (nSPS) is 10.3. The first-order valence-corrected chi connectivity index (χ1v) is 5.35. The van der Waals surface area contributed by atoms with E-state index in [1.165, 1.54) is 12.5 Å². The molecule has 0 fully saturated rings. The van der Waals surface area contributed by atoms with Crippen LogP contribution in [0.5, 0.6) is 0 Å². The average Bonchev–Trinajstić information content (AvgIpc) is 2.76. The summed E-state index contributed by atoms with van der Waals surface area (Å²) in [4.78, 5) is 11.1. The van der Waals surface area contributed by atoms with Crippen LogP contribution in [0.2, 0.25) is 0 Å². The van der Waals surface area contributed by atoms with Crippen molar-refractivity contribution >= 4 is 5.78 Å². The van der Waals surface area contributed by atoms with Gasteiger partial charge in [0.05, 0.1) is 0 Å². The van der Waals surface area contributed by atoms with E-state index < -0.39 is 0 Å². The number of carbonyl (C=O) groups excluding carboxylic acids is 1. The van der Waals surface area contributed by atoms with Gasteiger partial charge in [0.2, 0.25) is 0 Å². The number of nitrogens with one attached hydrogen (secondary N) is 1. The fourth-order valence-electron chi connectivity index (χ4n) is 1.59. The molecule has 1 aromatic heterocycles. The van der Waals surface area contributed by atoms with E-state index in [1.54, 1.807) is 0 Å². The lowest BCUT2D eigenvalue weighted by Crippen LogP contribution is -1.91. The van der Waals surface area contributed by atoms with Crippen LogP contribution >= 0.6 is 0 Å². The minimum atomic E-state index is 0.00205. The van der Waals surface area contributed by atoms with Gasteiger partial charge in [0.25, 0.3) is 0 Å². The van der Waals surface area contributed by atoms with E-state index in [9.17, 15) is 4.79 Å². The van der Waals surface area contributed by atoms with Crippen LogP contribution in [0.4, 0.5) is 0 Å². The number of hydrogen-bond acceptors (Lipinski definition) is 2. The molecule has 0 atom stereocenters. The molecule has 0 saturated heterocycles. The maximum Gasteiger partial charge on any atom is 0.179 e. The number of nitrogens with zero attached hydrogens (tertiary/aromatic N) is 1. The lowest BCUT2D eigenvalue weighted by atomic mass is 10.1. The Morgan fingerprint density at radius 1 is 1.25 bits per heavy atom. The largest absolute Gasteiger partial charge is 0.293 e. The smallest absolute Gasteiger partial charge is 0.179 e. The molecule has 3 nitrogen and oxygen atoms in total. The van der Waals surface area contributed by atoms with Gasteiger partial charge in [-0.2, -0.15) is 5.10 Å². The molecule has 0 aliphatic rings. The Morgan fingerprint density at radius 3 is 2.62 bits per heavy atom. The van der Waals surface area contributed by atoms with Crippen LogP contribution in [0.1, 0.15) is 28.7 Å². The summed E-state index contributed by atoms with van der Waals surface area (Å²) in [7, 11) is 0. The molecule has 16 heavy (non-hydrogen) atoms. The number of H-pyrrole nitrogens is 1. The van der Waals surface area contributed by atoms with Crippen LogP contribution in [0, 0.1) is 0 Å². The third-order valence-electron chi connectivity index (χ3n) is 2.52. The summed E-state index contributed by atoms with van der Waals surface area (Å²) in [5.74, 6) is 0.00205. The third kappa shape index (κ3) is 2.57. The van der Waals surface area contributed by atoms with Gasteiger partial charge in [0.15, 0.2) is 5.78 Å². The van der Waals surface area contributed by atoms with Gasteiger partial charge >= 0.3 is 0 Å². The van der Waals surface area contributed by atoms with Crippen LogP contribution in [-0.2, 0) is 12.8 Å². The molecule has 0 bridgehead atoms. The third-order valence-corrected chi connectivity index (χ3v) is 2.52. The first-order chi connectivity index (χ1) is 7.75. The molecule has 0 aliphatic heterocycles. The van der Waals surface area contributed by atoms with Gasteiger partial charge in [-0.3, -0.25) is 9.89 Å². The van der Waals surface area contributed by atoms with Crippen molar-refractivity contribution in [1.29, 1.82) is 0 Å². The molecule has 1 aromatic carbocycles. The lowest BCUT2D eigenvalue weighted by molar-refractivity contribution is 0.101. The zero-order chi connectivity index (χ0) is 11.4. The Balaban J connectivity index is 1.97. The standard InChI is InChI=1S/C13H14N2O/c1-10(16)13-9-12(14-15-13)8-7-11-5-3-2-4-6-11/h2-6,9H,7-8H2,1H3,(H,14,15). The van der Waals surface area contributed by atoms with Crippen molar-refractivity contribution in [3.8, 4) is 0 Å². The number of ketones is 1. The molecule has 1 N–H and O–H groups in total. The van der Waals surface area contributed by atoms with Gasteiger partial charge in [-0.15, -0.1) is 0 Å². The van der Waals surface area contributed by atoms with Gasteiger partial charge in [-0.1, -0.05) is 30.3 Å². The van der Waals surface area contributed by atoms with Gasteiger partial charge < -0.3 is 0 Å². The molecule has 3 heteroatoms. The highest BCUT2D eigenvalue weighted by molar-refractivity contribution is 5.92. The minimum Gasteiger partial charge on any atom is -0.293 e. The molecule has 2 rings (SSSR count). The summed E-state index contributed by atoms with van der Waals surface area (Å²) < 4.78 is 0. The highest BCUT2D eigenvalue weighted by Crippen LogP contribution is 2.06. The Kier molecular flexibility index (Phi) is 3.15. The van der Waals surface area contributed by atoms with Crippen molar-refractivity contribution in [1.82, 2.24) is 10.2 Å². The molecule has 2 aromatic rings. The Morgan fingerprint density at radius 2 is 2.00 bits per heavy atom. The molecule has 0 unspecified atom stereocenters. The number of rotatable bonds is 4. The maximum absolute atomic E-state index is 11.1. The number of aromatic nitrogens is 2. The Bertz CT molecular complexity index is 474. The van der Waals surface area contributed by atoms with E-state index in [-0.39, 0.29) is 5.78 Å². The van der Waals surface area contributed by atoms with Crippen LogP contribution < -0.4 is 0 Å². The summed E-state index contributed by atoms with van der Waals surface area (Å²) in [6.07, 6.45) is 1.84. The van der Waals surface area contributed by atoms with E-state index >= 15 is 0 Å². The Labute approximate surface area is 94.5 Å². The maximum atomic E-state index is 11.1. The Hall–Kier alpha value is -1.90.